The van der Waals surface area contributed by atoms with Gasteiger partial charge in [0.2, 0.25) is 0 Å². The van der Waals surface area contributed by atoms with E-state index in [4.69, 9.17) is 4.99 Å². The Morgan fingerprint density at radius 2 is 2.07 bits per heavy atom. The van der Waals surface area contributed by atoms with Gasteiger partial charge in [-0.2, -0.15) is 0 Å². The van der Waals surface area contributed by atoms with Gasteiger partial charge in [0.25, 0.3) is 0 Å². The number of aryl methyl sites for hydroxylation is 3. The number of hydrogen-bond donors (Lipinski definition) is 2. The number of rotatable bonds is 7. The molecule has 0 aliphatic carbocycles. The minimum Gasteiger partial charge on any atom is -0.357 e. The summed E-state index contributed by atoms with van der Waals surface area (Å²) in [6.07, 6.45) is 6.83. The summed E-state index contributed by atoms with van der Waals surface area (Å²) < 4.78 is 2.34. The molecule has 1 aliphatic heterocycles. The maximum atomic E-state index is 4.70. The van der Waals surface area contributed by atoms with Crippen molar-refractivity contribution in [3.63, 3.8) is 0 Å². The lowest BCUT2D eigenvalue weighted by Gasteiger charge is -2.12. The third-order valence-corrected chi connectivity index (χ3v) is 4.90. The molecule has 0 bridgehead atoms. The zero-order chi connectivity index (χ0) is 18.9. The molecule has 0 atom stereocenters. The SMILES string of the molecule is CCNC(=NCc1cccc(C)c1)NCCCc1nnc2n1CCCCC2.I. The smallest absolute Gasteiger partial charge is 0.191 e. The van der Waals surface area contributed by atoms with E-state index in [2.05, 4.69) is 63.5 Å². The summed E-state index contributed by atoms with van der Waals surface area (Å²) in [5.41, 5.74) is 2.51. The summed E-state index contributed by atoms with van der Waals surface area (Å²) in [6.45, 7) is 7.71. The van der Waals surface area contributed by atoms with Gasteiger partial charge in [0.15, 0.2) is 5.96 Å². The second-order valence-corrected chi connectivity index (χ2v) is 7.21. The molecule has 0 spiro atoms. The summed E-state index contributed by atoms with van der Waals surface area (Å²) in [5, 5.41) is 15.6. The molecule has 0 unspecified atom stereocenters. The third kappa shape index (κ3) is 6.76. The van der Waals surface area contributed by atoms with Gasteiger partial charge in [-0.1, -0.05) is 36.2 Å². The van der Waals surface area contributed by atoms with Crippen LogP contribution >= 0.6 is 24.0 Å². The van der Waals surface area contributed by atoms with Crippen LogP contribution in [0.1, 0.15) is 55.4 Å². The zero-order valence-electron chi connectivity index (χ0n) is 17.1. The first-order valence-corrected chi connectivity index (χ1v) is 10.2. The standard InChI is InChI=1S/C21H32N6.HI/c1-3-22-21(24-16-18-10-7-9-17(2)15-18)23-13-8-12-20-26-25-19-11-5-4-6-14-27(19)20;/h7,9-10,15H,3-6,8,11-14,16H2,1-2H3,(H2,22,23,24);1H. The summed E-state index contributed by atoms with van der Waals surface area (Å²) in [7, 11) is 0. The molecule has 0 saturated heterocycles. The molecule has 0 fully saturated rings. The van der Waals surface area contributed by atoms with Crippen molar-refractivity contribution < 1.29 is 0 Å². The van der Waals surface area contributed by atoms with Crippen molar-refractivity contribution in [3.8, 4) is 0 Å². The fraction of sp³-hybridized carbons (Fsp3) is 0.571. The van der Waals surface area contributed by atoms with Gasteiger partial charge in [-0.3, -0.25) is 0 Å². The van der Waals surface area contributed by atoms with Crippen molar-refractivity contribution in [2.45, 2.75) is 65.5 Å². The Kier molecular flexibility index (Phi) is 9.73. The fourth-order valence-corrected chi connectivity index (χ4v) is 3.51. The van der Waals surface area contributed by atoms with Crippen LogP contribution in [0.4, 0.5) is 0 Å². The first kappa shape index (κ1) is 22.6. The minimum atomic E-state index is 0. The van der Waals surface area contributed by atoms with Gasteiger partial charge in [-0.15, -0.1) is 34.2 Å². The van der Waals surface area contributed by atoms with Crippen LogP contribution in [0.25, 0.3) is 0 Å². The molecule has 2 N–H and O–H groups in total. The molecule has 28 heavy (non-hydrogen) atoms. The van der Waals surface area contributed by atoms with E-state index in [0.29, 0.717) is 6.54 Å². The van der Waals surface area contributed by atoms with Gasteiger partial charge in [0.05, 0.1) is 6.54 Å². The van der Waals surface area contributed by atoms with Crippen molar-refractivity contribution >= 4 is 29.9 Å². The van der Waals surface area contributed by atoms with Crippen LogP contribution in [-0.2, 0) is 25.9 Å². The van der Waals surface area contributed by atoms with Gasteiger partial charge in [0.1, 0.15) is 11.6 Å². The van der Waals surface area contributed by atoms with Gasteiger partial charge in [0, 0.05) is 32.5 Å². The van der Waals surface area contributed by atoms with Crippen molar-refractivity contribution in [2.24, 2.45) is 4.99 Å². The normalized spacial score (nSPS) is 14.0. The first-order valence-electron chi connectivity index (χ1n) is 10.2. The van der Waals surface area contributed by atoms with Crippen LogP contribution < -0.4 is 10.6 Å². The predicted octanol–water partition coefficient (Wildman–Crippen LogP) is 3.62. The molecule has 1 aromatic heterocycles. The second kappa shape index (κ2) is 12.0. The molecule has 1 aliphatic rings. The molecule has 0 radical (unpaired) electrons. The number of aromatic nitrogens is 3. The molecule has 2 heterocycles. The van der Waals surface area contributed by atoms with Crippen LogP contribution in [0.2, 0.25) is 0 Å². The number of nitrogens with one attached hydrogen (secondary N) is 2. The van der Waals surface area contributed by atoms with Crippen molar-refractivity contribution in [2.75, 3.05) is 13.1 Å². The Morgan fingerprint density at radius 1 is 1.18 bits per heavy atom. The van der Waals surface area contributed by atoms with Gasteiger partial charge in [-0.05, 0) is 38.7 Å². The first-order chi connectivity index (χ1) is 13.3. The van der Waals surface area contributed by atoms with E-state index in [1.54, 1.807) is 0 Å². The number of guanidine groups is 1. The van der Waals surface area contributed by atoms with Crippen molar-refractivity contribution in [3.05, 3.63) is 47.0 Å². The number of nitrogens with zero attached hydrogens (tertiary/aromatic N) is 4. The Morgan fingerprint density at radius 3 is 2.89 bits per heavy atom. The molecule has 1 aromatic carbocycles. The average Bonchev–Trinajstić information content (AvgIpc) is 2.89. The zero-order valence-corrected chi connectivity index (χ0v) is 19.4. The molecule has 0 amide bonds. The average molecular weight is 496 g/mol. The molecule has 0 saturated carbocycles. The van der Waals surface area contributed by atoms with Crippen LogP contribution in [0.15, 0.2) is 29.3 Å². The highest BCUT2D eigenvalue weighted by Crippen LogP contribution is 2.15. The van der Waals surface area contributed by atoms with Crippen molar-refractivity contribution in [1.29, 1.82) is 0 Å². The van der Waals surface area contributed by atoms with Crippen LogP contribution in [0.3, 0.4) is 0 Å². The molecule has 154 valence electrons. The number of aliphatic imine (C=N–C) groups is 1. The predicted molar refractivity (Wildman–Crippen MR) is 125 cm³/mol. The maximum Gasteiger partial charge on any atom is 0.191 e. The summed E-state index contributed by atoms with van der Waals surface area (Å²) in [5.74, 6) is 3.18. The van der Waals surface area contributed by atoms with E-state index < -0.39 is 0 Å². The summed E-state index contributed by atoms with van der Waals surface area (Å²) in [4.78, 5) is 4.70. The van der Waals surface area contributed by atoms with E-state index in [9.17, 15) is 0 Å². The Bertz CT molecular complexity index is 755. The topological polar surface area (TPSA) is 67.1 Å². The van der Waals surface area contributed by atoms with E-state index in [-0.39, 0.29) is 24.0 Å². The minimum absolute atomic E-state index is 0. The molecular weight excluding hydrogens is 463 g/mol. The van der Waals surface area contributed by atoms with Gasteiger partial charge < -0.3 is 15.2 Å². The maximum absolute atomic E-state index is 4.70. The fourth-order valence-electron chi connectivity index (χ4n) is 3.51. The monoisotopic (exact) mass is 496 g/mol. The molecule has 2 aromatic rings. The Hall–Kier alpha value is -1.64. The lowest BCUT2D eigenvalue weighted by molar-refractivity contribution is 0.594. The number of fused-ring (bicyclic) bond motifs is 1. The number of benzene rings is 1. The van der Waals surface area contributed by atoms with Gasteiger partial charge in [-0.25, -0.2) is 4.99 Å². The number of hydrogen-bond acceptors (Lipinski definition) is 3. The van der Waals surface area contributed by atoms with E-state index in [0.717, 1.165) is 50.7 Å². The van der Waals surface area contributed by atoms with Crippen molar-refractivity contribution in [1.82, 2.24) is 25.4 Å². The van der Waals surface area contributed by atoms with Crippen LogP contribution in [-0.4, -0.2) is 33.8 Å². The highest BCUT2D eigenvalue weighted by molar-refractivity contribution is 14.0. The van der Waals surface area contributed by atoms with E-state index in [1.807, 2.05) is 0 Å². The largest absolute Gasteiger partial charge is 0.357 e. The van der Waals surface area contributed by atoms with Gasteiger partial charge >= 0.3 is 0 Å². The highest BCUT2D eigenvalue weighted by Gasteiger charge is 2.14. The highest BCUT2D eigenvalue weighted by atomic mass is 127. The van der Waals surface area contributed by atoms with E-state index >= 15 is 0 Å². The molecular formula is C21H33IN6. The summed E-state index contributed by atoms with van der Waals surface area (Å²) >= 11 is 0. The second-order valence-electron chi connectivity index (χ2n) is 7.21. The Balaban J connectivity index is 0.00000280. The van der Waals surface area contributed by atoms with Crippen LogP contribution in [0.5, 0.6) is 0 Å². The lowest BCUT2D eigenvalue weighted by atomic mass is 10.1. The summed E-state index contributed by atoms with van der Waals surface area (Å²) in [6, 6.07) is 8.50. The van der Waals surface area contributed by atoms with Crippen LogP contribution in [0, 0.1) is 6.92 Å². The quantitative estimate of drug-likeness (QED) is 0.266. The molecule has 7 heteroatoms. The Labute approximate surface area is 185 Å². The molecule has 6 nitrogen and oxygen atoms in total. The number of halogens is 1. The third-order valence-electron chi connectivity index (χ3n) is 4.90. The van der Waals surface area contributed by atoms with E-state index in [1.165, 1.54) is 36.2 Å². The molecule has 3 rings (SSSR count). The lowest BCUT2D eigenvalue weighted by Crippen LogP contribution is -2.37.